The maximum Gasteiger partial charge on any atom is 0.291 e. The molecule has 0 spiro atoms. The van der Waals surface area contributed by atoms with E-state index in [-0.39, 0.29) is 16.4 Å². The second-order valence-electron chi connectivity index (χ2n) is 3.75. The highest BCUT2D eigenvalue weighted by Crippen LogP contribution is 2.28. The Morgan fingerprint density at radius 1 is 1.48 bits per heavy atom. The van der Waals surface area contributed by atoms with Crippen molar-refractivity contribution in [1.82, 2.24) is 10.2 Å². The molecule has 2 aromatic rings. The van der Waals surface area contributed by atoms with E-state index >= 15 is 0 Å². The first-order valence-electron chi connectivity index (χ1n) is 5.25. The van der Waals surface area contributed by atoms with Crippen LogP contribution in [0.5, 0.6) is 0 Å². The van der Waals surface area contributed by atoms with Gasteiger partial charge < -0.3 is 0 Å². The van der Waals surface area contributed by atoms with Crippen molar-refractivity contribution in [2.45, 2.75) is 4.90 Å². The lowest BCUT2D eigenvalue weighted by atomic mass is 10.3. The monoisotopic (exact) mass is 327 g/mol. The molecule has 1 aromatic heterocycles. The number of nitrogens with zero attached hydrogens (tertiary/aromatic N) is 3. The molecule has 2 rings (SSSR count). The molecule has 9 nitrogen and oxygen atoms in total. The van der Waals surface area contributed by atoms with Gasteiger partial charge in [0.2, 0.25) is 0 Å². The van der Waals surface area contributed by atoms with Crippen LogP contribution < -0.4 is 4.72 Å². The predicted octanol–water partition coefficient (Wildman–Crippen LogP) is 1.64. The zero-order chi connectivity index (χ0) is 15.6. The first-order valence-corrected chi connectivity index (χ1v) is 7.11. The molecule has 21 heavy (non-hydrogen) atoms. The van der Waals surface area contributed by atoms with Crippen LogP contribution in [0.15, 0.2) is 29.3 Å². The number of nitro groups is 1. The van der Waals surface area contributed by atoms with Crippen LogP contribution in [-0.2, 0) is 10.0 Å². The molecule has 0 saturated heterocycles. The number of hydrogen-bond donors (Lipinski definition) is 2. The fourth-order valence-corrected chi connectivity index (χ4v) is 2.86. The van der Waals surface area contributed by atoms with E-state index in [2.05, 4.69) is 10.2 Å². The van der Waals surface area contributed by atoms with Crippen molar-refractivity contribution in [3.63, 3.8) is 0 Å². The Labute approximate surface area is 123 Å². The molecule has 1 heterocycles. The highest BCUT2D eigenvalue weighted by Gasteiger charge is 2.27. The molecule has 0 aliphatic rings. The van der Waals surface area contributed by atoms with Crippen molar-refractivity contribution in [2.75, 3.05) is 4.72 Å². The number of nitrogens with one attached hydrogen (secondary N) is 2. The molecule has 0 bridgehead atoms. The first kappa shape index (κ1) is 14.8. The van der Waals surface area contributed by atoms with Gasteiger partial charge in [0.25, 0.3) is 15.7 Å². The average Bonchev–Trinajstić information content (AvgIpc) is 2.84. The molecule has 108 valence electrons. The van der Waals surface area contributed by atoms with Crippen LogP contribution >= 0.6 is 11.6 Å². The van der Waals surface area contributed by atoms with Gasteiger partial charge in [-0.3, -0.25) is 19.9 Å². The molecule has 0 radical (unpaired) electrons. The Hall–Kier alpha value is -2.64. The van der Waals surface area contributed by atoms with Crippen LogP contribution in [0.4, 0.5) is 11.5 Å². The number of aromatic amines is 1. The number of benzene rings is 1. The van der Waals surface area contributed by atoms with Gasteiger partial charge in [-0.1, -0.05) is 11.6 Å². The number of nitro benzene ring substituents is 1. The lowest BCUT2D eigenvalue weighted by Crippen LogP contribution is -2.15. The van der Waals surface area contributed by atoms with Gasteiger partial charge >= 0.3 is 0 Å². The molecule has 1 aromatic carbocycles. The Kier molecular flexibility index (Phi) is 3.79. The molecule has 2 N–H and O–H groups in total. The van der Waals surface area contributed by atoms with E-state index in [0.29, 0.717) is 0 Å². The second-order valence-corrected chi connectivity index (χ2v) is 5.83. The van der Waals surface area contributed by atoms with Gasteiger partial charge in [-0.05, 0) is 12.1 Å². The number of hydrogen-bond acceptors (Lipinski definition) is 6. The highest BCUT2D eigenvalue weighted by atomic mass is 35.5. The van der Waals surface area contributed by atoms with Gasteiger partial charge in [0.1, 0.15) is 11.6 Å². The Balaban J connectivity index is 2.51. The topological polar surface area (TPSA) is 142 Å². The minimum absolute atomic E-state index is 0.0277. The summed E-state index contributed by atoms with van der Waals surface area (Å²) >= 11 is 5.62. The summed E-state index contributed by atoms with van der Waals surface area (Å²) < 4.78 is 26.4. The second kappa shape index (κ2) is 5.39. The third-order valence-electron chi connectivity index (χ3n) is 2.40. The van der Waals surface area contributed by atoms with Crippen molar-refractivity contribution in [2.24, 2.45) is 0 Å². The first-order chi connectivity index (χ1) is 9.85. The number of aromatic nitrogens is 2. The Bertz CT molecular complexity index is 855. The zero-order valence-corrected chi connectivity index (χ0v) is 11.6. The average molecular weight is 328 g/mol. The molecular formula is C10H6ClN5O4S. The summed E-state index contributed by atoms with van der Waals surface area (Å²) in [7, 11) is -4.28. The summed E-state index contributed by atoms with van der Waals surface area (Å²) in [6.45, 7) is 0. The zero-order valence-electron chi connectivity index (χ0n) is 10.1. The van der Waals surface area contributed by atoms with Gasteiger partial charge in [0, 0.05) is 11.1 Å². The Morgan fingerprint density at radius 2 is 2.19 bits per heavy atom. The standard InChI is InChI=1S/C10H6ClN5O4S/c11-7-1-2-9(8(3-7)16(17)18)21(19,20)15-10-6(4-12)5-13-14-10/h1-3,5H,(H2,13,14,15). The molecular weight excluding hydrogens is 322 g/mol. The number of nitriles is 1. The molecule has 0 saturated carbocycles. The van der Waals surface area contributed by atoms with Crippen molar-refractivity contribution < 1.29 is 13.3 Å². The summed E-state index contributed by atoms with van der Waals surface area (Å²) in [5.74, 6) is -0.179. The maximum atomic E-state index is 12.2. The third kappa shape index (κ3) is 2.93. The van der Waals surface area contributed by atoms with Crippen LogP contribution in [0, 0.1) is 21.4 Å². The lowest BCUT2D eigenvalue weighted by Gasteiger charge is -2.07. The highest BCUT2D eigenvalue weighted by molar-refractivity contribution is 7.92. The van der Waals surface area contributed by atoms with Crippen LogP contribution in [0.3, 0.4) is 0 Å². The van der Waals surface area contributed by atoms with Gasteiger partial charge in [-0.2, -0.15) is 10.4 Å². The summed E-state index contributed by atoms with van der Waals surface area (Å²) in [5, 5.41) is 25.5. The fraction of sp³-hybridized carbons (Fsp3) is 0. The number of halogens is 1. The van der Waals surface area contributed by atoms with Crippen LogP contribution in [0.1, 0.15) is 5.56 Å². The molecule has 0 amide bonds. The minimum Gasteiger partial charge on any atom is -0.262 e. The molecule has 11 heteroatoms. The van der Waals surface area contributed by atoms with E-state index in [1.54, 1.807) is 6.07 Å². The normalized spacial score (nSPS) is 10.9. The van der Waals surface area contributed by atoms with Crippen molar-refractivity contribution in [3.8, 4) is 6.07 Å². The van der Waals surface area contributed by atoms with Crippen molar-refractivity contribution in [1.29, 1.82) is 5.26 Å². The van der Waals surface area contributed by atoms with E-state index < -0.39 is 25.5 Å². The van der Waals surface area contributed by atoms with Gasteiger partial charge in [-0.25, -0.2) is 8.42 Å². The summed E-state index contributed by atoms with van der Waals surface area (Å²) in [5.41, 5.74) is -0.719. The maximum absolute atomic E-state index is 12.2. The molecule has 0 atom stereocenters. The molecule has 0 aliphatic heterocycles. The van der Waals surface area contributed by atoms with Crippen LogP contribution in [0.2, 0.25) is 5.02 Å². The summed E-state index contributed by atoms with van der Waals surface area (Å²) in [4.78, 5) is 9.49. The molecule has 0 aliphatic carbocycles. The molecule has 0 fully saturated rings. The van der Waals surface area contributed by atoms with E-state index in [1.807, 2.05) is 4.72 Å². The lowest BCUT2D eigenvalue weighted by molar-refractivity contribution is -0.387. The molecule has 0 unspecified atom stereocenters. The van der Waals surface area contributed by atoms with E-state index in [9.17, 15) is 18.5 Å². The van der Waals surface area contributed by atoms with Gasteiger partial charge in [-0.15, -0.1) is 0 Å². The number of H-pyrrole nitrogens is 1. The quantitative estimate of drug-likeness (QED) is 0.645. The van der Waals surface area contributed by atoms with E-state index in [0.717, 1.165) is 18.3 Å². The largest absolute Gasteiger partial charge is 0.291 e. The van der Waals surface area contributed by atoms with Crippen LogP contribution in [0.25, 0.3) is 0 Å². The Morgan fingerprint density at radius 3 is 2.81 bits per heavy atom. The predicted molar refractivity (Wildman–Crippen MR) is 72.2 cm³/mol. The third-order valence-corrected chi connectivity index (χ3v) is 4.04. The minimum atomic E-state index is -4.28. The number of sulfonamides is 1. The van der Waals surface area contributed by atoms with Gasteiger partial charge in [0.05, 0.1) is 11.1 Å². The van der Waals surface area contributed by atoms with E-state index in [4.69, 9.17) is 16.9 Å². The number of rotatable bonds is 4. The van der Waals surface area contributed by atoms with Crippen LogP contribution in [-0.4, -0.2) is 23.5 Å². The van der Waals surface area contributed by atoms with Crippen molar-refractivity contribution in [3.05, 3.63) is 45.1 Å². The van der Waals surface area contributed by atoms with Crippen molar-refractivity contribution >= 4 is 33.1 Å². The summed E-state index contributed by atoms with van der Waals surface area (Å²) in [6, 6.07) is 4.86. The van der Waals surface area contributed by atoms with Gasteiger partial charge in [0.15, 0.2) is 10.7 Å². The SMILES string of the molecule is N#Cc1cn[nH]c1NS(=O)(=O)c1ccc(Cl)cc1[N+](=O)[O-]. The number of anilines is 1. The van der Waals surface area contributed by atoms with E-state index in [1.165, 1.54) is 6.07 Å². The smallest absolute Gasteiger partial charge is 0.262 e. The summed E-state index contributed by atoms with van der Waals surface area (Å²) in [6.07, 6.45) is 1.12. The fourth-order valence-electron chi connectivity index (χ4n) is 1.50.